The average molecular weight is 685 g/mol. The van der Waals surface area contributed by atoms with Crippen molar-refractivity contribution in [3.05, 3.63) is 16.3 Å². The Labute approximate surface area is 184 Å². The first kappa shape index (κ1) is 22.3. The van der Waals surface area contributed by atoms with Crippen molar-refractivity contribution in [3.8, 4) is 0 Å². The van der Waals surface area contributed by atoms with Gasteiger partial charge in [-0.2, -0.15) is 0 Å². The Morgan fingerprint density at radius 3 is 1.68 bits per heavy atom. The third-order valence-corrected chi connectivity index (χ3v) is 6.01. The zero-order valence-corrected chi connectivity index (χ0v) is 19.6. The number of anilines is 2. The Balaban J connectivity index is 3.43. The van der Waals surface area contributed by atoms with Crippen molar-refractivity contribution >= 4 is 103 Å². The van der Waals surface area contributed by atoms with E-state index in [0.29, 0.717) is 22.1 Å². The number of nitrogens with one attached hydrogen (secondary N) is 3. The van der Waals surface area contributed by atoms with E-state index in [1.807, 2.05) is 67.8 Å². The summed E-state index contributed by atoms with van der Waals surface area (Å²) >= 11 is 5.87. The van der Waals surface area contributed by atoms with Crippen LogP contribution in [0.4, 0.5) is 11.4 Å². The molecule has 11 heteroatoms. The molecule has 0 aromatic heterocycles. The minimum Gasteiger partial charge on any atom is -0.481 e. The molecule has 0 aliphatic carbocycles. The first-order valence-electron chi connectivity index (χ1n) is 6.81. The molecule has 0 saturated carbocycles. The van der Waals surface area contributed by atoms with Crippen LogP contribution in [-0.2, 0) is 14.4 Å². The molecule has 0 saturated heterocycles. The molecule has 0 bridgehead atoms. The fourth-order valence-electron chi connectivity index (χ4n) is 1.81. The first-order valence-corrected chi connectivity index (χ1v) is 10.1. The topological polar surface area (TPSA) is 125 Å². The Bertz CT molecular complexity index is 709. The third kappa shape index (κ3) is 6.19. The third-order valence-electron chi connectivity index (χ3n) is 2.77. The van der Waals surface area contributed by atoms with Crippen molar-refractivity contribution < 1.29 is 24.3 Å². The van der Waals surface area contributed by atoms with Gasteiger partial charge in [0, 0.05) is 20.4 Å². The van der Waals surface area contributed by atoms with Crippen LogP contribution >= 0.6 is 67.8 Å². The number of hydrogen-bond acceptors (Lipinski definition) is 4. The summed E-state index contributed by atoms with van der Waals surface area (Å²) < 4.78 is 1.60. The molecule has 0 atom stereocenters. The summed E-state index contributed by atoms with van der Waals surface area (Å²) in [4.78, 5) is 46.1. The van der Waals surface area contributed by atoms with Gasteiger partial charge < -0.3 is 21.1 Å². The molecule has 3 amide bonds. The number of carboxylic acids is 1. The van der Waals surface area contributed by atoms with E-state index in [9.17, 15) is 19.2 Å². The molecule has 0 heterocycles. The molecular formula is C14H14I3N3O5. The summed E-state index contributed by atoms with van der Waals surface area (Å²) in [6, 6.07) is 0. The maximum absolute atomic E-state index is 12.5. The van der Waals surface area contributed by atoms with E-state index < -0.39 is 11.9 Å². The standard InChI is InChI=1S/C14H14I3N3O5/c1-5(21)19-12-9(15)8(14(25)18-4-3-7(23)24)10(16)13(11(12)17)20-6(2)22/h3-4H2,1-2H3,(H,18,25)(H,19,21)(H,20,22)(H,23,24). The number of aliphatic carboxylic acids is 1. The highest BCUT2D eigenvalue weighted by Crippen LogP contribution is 2.38. The molecule has 0 fully saturated rings. The molecule has 0 radical (unpaired) electrons. The lowest BCUT2D eigenvalue weighted by molar-refractivity contribution is -0.136. The molecule has 1 aromatic carbocycles. The van der Waals surface area contributed by atoms with E-state index in [2.05, 4.69) is 16.0 Å². The molecule has 136 valence electrons. The normalized spacial score (nSPS) is 10.1. The highest BCUT2D eigenvalue weighted by molar-refractivity contribution is 14.1. The molecular weight excluding hydrogens is 671 g/mol. The van der Waals surface area contributed by atoms with Gasteiger partial charge in [0.05, 0.1) is 34.1 Å². The maximum atomic E-state index is 12.5. The zero-order chi connectivity index (χ0) is 19.3. The monoisotopic (exact) mass is 685 g/mol. The molecule has 1 aromatic rings. The summed E-state index contributed by atoms with van der Waals surface area (Å²) in [5.74, 6) is -2.14. The number of rotatable bonds is 6. The van der Waals surface area contributed by atoms with Crippen LogP contribution in [-0.4, -0.2) is 35.3 Å². The van der Waals surface area contributed by atoms with Crippen LogP contribution in [0.15, 0.2) is 0 Å². The minimum absolute atomic E-state index is 0.0305. The summed E-state index contributed by atoms with van der Waals surface area (Å²) in [5.41, 5.74) is 1.10. The Morgan fingerprint density at radius 1 is 0.880 bits per heavy atom. The quantitative estimate of drug-likeness (QED) is 0.343. The van der Waals surface area contributed by atoms with Gasteiger partial charge in [-0.05, 0) is 67.8 Å². The smallest absolute Gasteiger partial charge is 0.305 e. The number of carbonyl (C=O) groups is 4. The molecule has 8 nitrogen and oxygen atoms in total. The number of benzene rings is 1. The lowest BCUT2D eigenvalue weighted by atomic mass is 10.1. The van der Waals surface area contributed by atoms with E-state index >= 15 is 0 Å². The van der Waals surface area contributed by atoms with Crippen molar-refractivity contribution in [2.24, 2.45) is 0 Å². The lowest BCUT2D eigenvalue weighted by Crippen LogP contribution is -2.29. The lowest BCUT2D eigenvalue weighted by Gasteiger charge is -2.19. The predicted octanol–water partition coefficient (Wildman–Crippen LogP) is 2.62. The largest absolute Gasteiger partial charge is 0.481 e. The highest BCUT2D eigenvalue weighted by Gasteiger charge is 2.25. The van der Waals surface area contributed by atoms with E-state index in [4.69, 9.17) is 5.11 Å². The highest BCUT2D eigenvalue weighted by atomic mass is 127. The maximum Gasteiger partial charge on any atom is 0.305 e. The van der Waals surface area contributed by atoms with Crippen molar-refractivity contribution in [2.45, 2.75) is 20.3 Å². The van der Waals surface area contributed by atoms with Gasteiger partial charge in [0.2, 0.25) is 11.8 Å². The summed E-state index contributed by atoms with van der Waals surface area (Å²) in [6.45, 7) is 2.65. The first-order chi connectivity index (χ1) is 11.6. The second kappa shape index (κ2) is 9.84. The van der Waals surface area contributed by atoms with Crippen LogP contribution in [0.3, 0.4) is 0 Å². The second-order valence-electron chi connectivity index (χ2n) is 4.83. The Morgan fingerprint density at radius 2 is 1.32 bits per heavy atom. The van der Waals surface area contributed by atoms with Gasteiger partial charge in [-0.3, -0.25) is 19.2 Å². The van der Waals surface area contributed by atoms with Gasteiger partial charge >= 0.3 is 5.97 Å². The summed E-state index contributed by atoms with van der Waals surface area (Å²) in [6.07, 6.45) is -0.208. The molecule has 4 N–H and O–H groups in total. The molecule has 0 aliphatic heterocycles. The van der Waals surface area contributed by atoms with Crippen molar-refractivity contribution in [2.75, 3.05) is 17.2 Å². The number of hydrogen-bond donors (Lipinski definition) is 4. The average Bonchev–Trinajstić information content (AvgIpc) is 2.47. The predicted molar refractivity (Wildman–Crippen MR) is 118 cm³/mol. The van der Waals surface area contributed by atoms with E-state index in [1.54, 1.807) is 0 Å². The molecule has 0 spiro atoms. The number of carboxylic acid groups (broad SMARTS) is 1. The van der Waals surface area contributed by atoms with Crippen LogP contribution in [0.2, 0.25) is 0 Å². The van der Waals surface area contributed by atoms with Crippen molar-refractivity contribution in [1.82, 2.24) is 5.32 Å². The van der Waals surface area contributed by atoms with E-state index in [1.165, 1.54) is 13.8 Å². The molecule has 0 unspecified atom stereocenters. The summed E-state index contributed by atoms with van der Waals surface area (Å²) in [5, 5.41) is 16.6. The van der Waals surface area contributed by atoms with Gasteiger partial charge in [-0.1, -0.05) is 0 Å². The zero-order valence-electron chi connectivity index (χ0n) is 13.1. The molecule has 0 aliphatic rings. The van der Waals surface area contributed by atoms with Gasteiger partial charge in [0.1, 0.15) is 0 Å². The van der Waals surface area contributed by atoms with Crippen molar-refractivity contribution in [3.63, 3.8) is 0 Å². The molecule has 1 rings (SSSR count). The van der Waals surface area contributed by atoms with Crippen LogP contribution in [0.25, 0.3) is 0 Å². The van der Waals surface area contributed by atoms with E-state index in [0.717, 1.165) is 0 Å². The van der Waals surface area contributed by atoms with Crippen LogP contribution < -0.4 is 16.0 Å². The second-order valence-corrected chi connectivity index (χ2v) is 8.07. The Hall–Kier alpha value is -0.710. The Kier molecular flexibility index (Phi) is 8.79. The van der Waals surface area contributed by atoms with Gasteiger partial charge in [0.25, 0.3) is 5.91 Å². The van der Waals surface area contributed by atoms with Crippen molar-refractivity contribution in [1.29, 1.82) is 0 Å². The molecule has 25 heavy (non-hydrogen) atoms. The fourth-order valence-corrected chi connectivity index (χ4v) is 6.00. The van der Waals surface area contributed by atoms with Gasteiger partial charge in [-0.25, -0.2) is 0 Å². The fraction of sp³-hybridized carbons (Fsp3) is 0.286. The van der Waals surface area contributed by atoms with Crippen LogP contribution in [0.1, 0.15) is 30.6 Å². The summed E-state index contributed by atoms with van der Waals surface area (Å²) in [7, 11) is 0. The SMILES string of the molecule is CC(=O)Nc1c(I)c(NC(C)=O)c(I)c(C(=O)NCCC(=O)O)c1I. The van der Waals surface area contributed by atoms with E-state index in [-0.39, 0.29) is 30.3 Å². The number of amides is 3. The number of halogens is 3. The van der Waals surface area contributed by atoms with Crippen LogP contribution in [0, 0.1) is 10.7 Å². The van der Waals surface area contributed by atoms with Crippen LogP contribution in [0.5, 0.6) is 0 Å². The van der Waals surface area contributed by atoms with Gasteiger partial charge in [0.15, 0.2) is 0 Å². The van der Waals surface area contributed by atoms with Gasteiger partial charge in [-0.15, -0.1) is 0 Å². The number of carbonyl (C=O) groups excluding carboxylic acids is 3. The minimum atomic E-state index is -1.02.